The number of amides is 1. The maximum absolute atomic E-state index is 12.1. The molecule has 1 unspecified atom stereocenters. The summed E-state index contributed by atoms with van der Waals surface area (Å²) in [7, 11) is 0. The summed E-state index contributed by atoms with van der Waals surface area (Å²) in [4.78, 5) is 22.2. The zero-order valence-electron chi connectivity index (χ0n) is 14.2. The van der Waals surface area contributed by atoms with E-state index in [1.54, 1.807) is 0 Å². The summed E-state index contributed by atoms with van der Waals surface area (Å²) in [5, 5.41) is 13.6. The Morgan fingerprint density at radius 3 is 2.56 bits per heavy atom. The molecule has 1 N–H and O–H groups in total. The van der Waals surface area contributed by atoms with E-state index in [9.17, 15) is 14.9 Å². The second kappa shape index (κ2) is 7.98. The molecule has 1 atom stereocenters. The molecule has 25 heavy (non-hydrogen) atoms. The largest absolute Gasteiger partial charge is 0.482 e. The summed E-state index contributed by atoms with van der Waals surface area (Å²) in [5.74, 6) is -0.0820. The van der Waals surface area contributed by atoms with Crippen LogP contribution in [-0.2, 0) is 4.79 Å². The van der Waals surface area contributed by atoms with Crippen LogP contribution in [0.2, 0.25) is 5.02 Å². The van der Waals surface area contributed by atoms with Crippen molar-refractivity contribution in [3.05, 3.63) is 68.2 Å². The van der Waals surface area contributed by atoms with Crippen molar-refractivity contribution in [2.45, 2.75) is 26.8 Å². The third kappa shape index (κ3) is 4.93. The molecule has 2 aromatic rings. The van der Waals surface area contributed by atoms with E-state index in [0.717, 1.165) is 11.1 Å². The Hall–Kier alpha value is -2.60. The molecular formula is C18H19ClN2O4. The number of nitrogens with one attached hydrogen (secondary N) is 1. The molecule has 1 amide bonds. The number of ether oxygens (including phenoxy) is 1. The van der Waals surface area contributed by atoms with E-state index in [1.165, 1.54) is 23.8 Å². The minimum Gasteiger partial charge on any atom is -0.482 e. The predicted molar refractivity (Wildman–Crippen MR) is 96.1 cm³/mol. The molecule has 0 aliphatic rings. The van der Waals surface area contributed by atoms with Crippen LogP contribution in [0.4, 0.5) is 5.69 Å². The molecule has 0 saturated carbocycles. The standard InChI is InChI=1S/C18H19ClN2O4/c1-11-4-5-14(8-12(11)2)13(3)20-18(22)10-25-17-7-6-15(21(23)24)9-16(17)19/h4-9,13H,10H2,1-3H3,(H,20,22). The molecule has 0 aromatic heterocycles. The van der Waals surface area contributed by atoms with Crippen LogP contribution >= 0.6 is 11.6 Å². The summed E-state index contributed by atoms with van der Waals surface area (Å²) >= 11 is 5.93. The van der Waals surface area contributed by atoms with Gasteiger partial charge in [0.15, 0.2) is 6.61 Å². The molecule has 7 heteroatoms. The van der Waals surface area contributed by atoms with Crippen molar-refractivity contribution in [1.82, 2.24) is 5.32 Å². The predicted octanol–water partition coefficient (Wildman–Crippen LogP) is 4.12. The highest BCUT2D eigenvalue weighted by molar-refractivity contribution is 6.32. The van der Waals surface area contributed by atoms with Crippen molar-refractivity contribution >= 4 is 23.2 Å². The topological polar surface area (TPSA) is 81.5 Å². The van der Waals surface area contributed by atoms with E-state index in [1.807, 2.05) is 39.0 Å². The summed E-state index contributed by atoms with van der Waals surface area (Å²) in [6.07, 6.45) is 0. The molecule has 132 valence electrons. The number of nitro groups is 1. The second-order valence-electron chi connectivity index (χ2n) is 5.79. The number of hydrogen-bond acceptors (Lipinski definition) is 4. The van der Waals surface area contributed by atoms with Gasteiger partial charge in [0, 0.05) is 12.1 Å². The van der Waals surface area contributed by atoms with Gasteiger partial charge in [-0.25, -0.2) is 0 Å². The van der Waals surface area contributed by atoms with Gasteiger partial charge in [0.1, 0.15) is 5.75 Å². The molecule has 0 bridgehead atoms. The van der Waals surface area contributed by atoms with Crippen LogP contribution in [0.25, 0.3) is 0 Å². The van der Waals surface area contributed by atoms with Gasteiger partial charge in [-0.15, -0.1) is 0 Å². The molecule has 2 aromatic carbocycles. The molecule has 0 fully saturated rings. The van der Waals surface area contributed by atoms with Crippen LogP contribution in [0.3, 0.4) is 0 Å². The van der Waals surface area contributed by atoms with Gasteiger partial charge in [0.25, 0.3) is 11.6 Å². The molecule has 0 radical (unpaired) electrons. The lowest BCUT2D eigenvalue weighted by molar-refractivity contribution is -0.384. The number of nitrogens with zero attached hydrogens (tertiary/aromatic N) is 1. The zero-order chi connectivity index (χ0) is 18.6. The third-order valence-corrected chi connectivity index (χ3v) is 4.19. The van der Waals surface area contributed by atoms with Crippen LogP contribution < -0.4 is 10.1 Å². The number of rotatable bonds is 6. The quantitative estimate of drug-likeness (QED) is 0.619. The molecule has 0 saturated heterocycles. The summed E-state index contributed by atoms with van der Waals surface area (Å²) in [6.45, 7) is 5.71. The molecule has 0 aliphatic heterocycles. The Bertz CT molecular complexity index is 808. The highest BCUT2D eigenvalue weighted by Gasteiger charge is 2.14. The van der Waals surface area contributed by atoms with Crippen LogP contribution in [-0.4, -0.2) is 17.4 Å². The summed E-state index contributed by atoms with van der Waals surface area (Å²) < 4.78 is 5.35. The number of hydrogen-bond donors (Lipinski definition) is 1. The average molecular weight is 363 g/mol. The van der Waals surface area contributed by atoms with E-state index < -0.39 is 4.92 Å². The number of non-ortho nitro benzene ring substituents is 1. The fourth-order valence-corrected chi connectivity index (χ4v) is 2.49. The van der Waals surface area contributed by atoms with Gasteiger partial charge in [-0.05, 0) is 43.5 Å². The van der Waals surface area contributed by atoms with Crippen molar-refractivity contribution < 1.29 is 14.5 Å². The molecule has 2 rings (SSSR count). The summed E-state index contributed by atoms with van der Waals surface area (Å²) in [5.41, 5.74) is 3.22. The maximum Gasteiger partial charge on any atom is 0.271 e. The van der Waals surface area contributed by atoms with Crippen LogP contribution in [0.1, 0.15) is 29.7 Å². The first-order chi connectivity index (χ1) is 11.8. The lowest BCUT2D eigenvalue weighted by Crippen LogP contribution is -2.31. The lowest BCUT2D eigenvalue weighted by atomic mass is 10.0. The van der Waals surface area contributed by atoms with Gasteiger partial charge in [0.2, 0.25) is 0 Å². The molecule has 0 spiro atoms. The Balaban J connectivity index is 1.94. The van der Waals surface area contributed by atoms with E-state index in [0.29, 0.717) is 0 Å². The van der Waals surface area contributed by atoms with Gasteiger partial charge in [-0.2, -0.15) is 0 Å². The van der Waals surface area contributed by atoms with Gasteiger partial charge >= 0.3 is 0 Å². The number of nitro benzene ring substituents is 1. The van der Waals surface area contributed by atoms with E-state index >= 15 is 0 Å². The Morgan fingerprint density at radius 1 is 1.24 bits per heavy atom. The van der Waals surface area contributed by atoms with Crippen molar-refractivity contribution in [1.29, 1.82) is 0 Å². The highest BCUT2D eigenvalue weighted by Crippen LogP contribution is 2.28. The first-order valence-electron chi connectivity index (χ1n) is 7.71. The number of benzene rings is 2. The van der Waals surface area contributed by atoms with Crippen LogP contribution in [0.15, 0.2) is 36.4 Å². The van der Waals surface area contributed by atoms with Gasteiger partial charge < -0.3 is 10.1 Å². The smallest absolute Gasteiger partial charge is 0.271 e. The van der Waals surface area contributed by atoms with E-state index in [-0.39, 0.29) is 35.0 Å². The van der Waals surface area contributed by atoms with Crippen LogP contribution in [0.5, 0.6) is 5.75 Å². The van der Waals surface area contributed by atoms with E-state index in [2.05, 4.69) is 5.32 Å². The fourth-order valence-electron chi connectivity index (χ4n) is 2.26. The van der Waals surface area contributed by atoms with Gasteiger partial charge in [0.05, 0.1) is 16.0 Å². The minimum absolute atomic E-state index is 0.0872. The van der Waals surface area contributed by atoms with Crippen molar-refractivity contribution in [3.8, 4) is 5.75 Å². The number of carbonyl (C=O) groups excluding carboxylic acids is 1. The van der Waals surface area contributed by atoms with Crippen molar-refractivity contribution in [3.63, 3.8) is 0 Å². The second-order valence-corrected chi connectivity index (χ2v) is 6.20. The van der Waals surface area contributed by atoms with Gasteiger partial charge in [-0.1, -0.05) is 29.8 Å². The van der Waals surface area contributed by atoms with Crippen molar-refractivity contribution in [2.24, 2.45) is 0 Å². The molecular weight excluding hydrogens is 344 g/mol. The number of aryl methyl sites for hydroxylation is 2. The highest BCUT2D eigenvalue weighted by atomic mass is 35.5. The minimum atomic E-state index is -0.548. The SMILES string of the molecule is Cc1ccc(C(C)NC(=O)COc2ccc([N+](=O)[O-])cc2Cl)cc1C. The first-order valence-corrected chi connectivity index (χ1v) is 8.09. The van der Waals surface area contributed by atoms with Gasteiger partial charge in [-0.3, -0.25) is 14.9 Å². The molecule has 0 heterocycles. The monoisotopic (exact) mass is 362 g/mol. The van der Waals surface area contributed by atoms with Crippen molar-refractivity contribution in [2.75, 3.05) is 6.61 Å². The Labute approximate surface area is 150 Å². The Morgan fingerprint density at radius 2 is 1.96 bits per heavy atom. The Kier molecular flexibility index (Phi) is 5.98. The normalized spacial score (nSPS) is 11.7. The number of halogens is 1. The first kappa shape index (κ1) is 18.7. The average Bonchev–Trinajstić information content (AvgIpc) is 2.55. The van der Waals surface area contributed by atoms with Crippen LogP contribution in [0, 0.1) is 24.0 Å². The lowest BCUT2D eigenvalue weighted by Gasteiger charge is -2.16. The number of carbonyl (C=O) groups is 1. The summed E-state index contributed by atoms with van der Waals surface area (Å²) in [6, 6.07) is 9.70. The van der Waals surface area contributed by atoms with E-state index in [4.69, 9.17) is 16.3 Å². The third-order valence-electron chi connectivity index (χ3n) is 3.89. The maximum atomic E-state index is 12.1. The fraction of sp³-hybridized carbons (Fsp3) is 0.278. The zero-order valence-corrected chi connectivity index (χ0v) is 15.0. The molecule has 0 aliphatic carbocycles. The molecule has 6 nitrogen and oxygen atoms in total.